The summed E-state index contributed by atoms with van der Waals surface area (Å²) in [6.45, 7) is 6.92. The minimum absolute atomic E-state index is 0.131. The number of nitrogens with one attached hydrogen (secondary N) is 1. The van der Waals surface area contributed by atoms with Crippen LogP contribution in [0.3, 0.4) is 0 Å². The molecule has 3 atom stereocenters. The van der Waals surface area contributed by atoms with Crippen molar-refractivity contribution < 1.29 is 19.1 Å². The molecule has 7 heteroatoms. The first-order valence-corrected chi connectivity index (χ1v) is 9.50. The van der Waals surface area contributed by atoms with E-state index in [0.717, 1.165) is 31.9 Å². The number of hydrogen-bond acceptors (Lipinski definition) is 6. The molecule has 29 heavy (non-hydrogen) atoms. The SMILES string of the molecule is COC(=O)C(NC(=O)c1ccc(C#CC#C[C@H](C)N2CCOCC2)cc1)C(C)N. The smallest absolute Gasteiger partial charge is 0.329 e. The number of esters is 1. The molecule has 0 radical (unpaired) electrons. The van der Waals surface area contributed by atoms with Gasteiger partial charge in [0.1, 0.15) is 6.04 Å². The summed E-state index contributed by atoms with van der Waals surface area (Å²) in [6, 6.07) is 5.39. The molecule has 2 unspecified atom stereocenters. The number of amides is 1. The van der Waals surface area contributed by atoms with Crippen LogP contribution in [0.2, 0.25) is 0 Å². The van der Waals surface area contributed by atoms with Gasteiger partial charge in [0, 0.05) is 30.3 Å². The fraction of sp³-hybridized carbons (Fsp3) is 0.455. The molecule has 0 saturated carbocycles. The van der Waals surface area contributed by atoms with Gasteiger partial charge in [-0.1, -0.05) is 11.8 Å². The van der Waals surface area contributed by atoms with Crippen molar-refractivity contribution in [2.45, 2.75) is 32.0 Å². The van der Waals surface area contributed by atoms with E-state index >= 15 is 0 Å². The number of rotatable bonds is 5. The Kier molecular flexibility index (Phi) is 8.69. The Morgan fingerprint density at radius 1 is 1.17 bits per heavy atom. The molecule has 3 N–H and O–H groups in total. The fourth-order valence-corrected chi connectivity index (χ4v) is 2.76. The van der Waals surface area contributed by atoms with Gasteiger partial charge in [-0.25, -0.2) is 4.79 Å². The Balaban J connectivity index is 1.95. The number of nitrogens with two attached hydrogens (primary N) is 1. The molecule has 0 spiro atoms. The van der Waals surface area contributed by atoms with Crippen molar-refractivity contribution in [1.29, 1.82) is 0 Å². The van der Waals surface area contributed by atoms with Gasteiger partial charge in [-0.15, -0.1) is 0 Å². The van der Waals surface area contributed by atoms with Crippen LogP contribution in [-0.4, -0.2) is 68.3 Å². The molecule has 0 bridgehead atoms. The number of hydrogen-bond donors (Lipinski definition) is 2. The third-order valence-corrected chi connectivity index (χ3v) is 4.56. The largest absolute Gasteiger partial charge is 0.467 e. The first-order chi connectivity index (χ1) is 13.9. The average molecular weight is 397 g/mol. The number of nitrogens with zero attached hydrogens (tertiary/aromatic N) is 1. The summed E-state index contributed by atoms with van der Waals surface area (Å²) in [5, 5.41) is 2.59. The minimum Gasteiger partial charge on any atom is -0.467 e. The van der Waals surface area contributed by atoms with Crippen LogP contribution in [0, 0.1) is 23.7 Å². The van der Waals surface area contributed by atoms with Crippen molar-refractivity contribution in [3.63, 3.8) is 0 Å². The summed E-state index contributed by atoms with van der Waals surface area (Å²) >= 11 is 0. The number of carbonyl (C=O) groups is 2. The highest BCUT2D eigenvalue weighted by molar-refractivity contribution is 5.97. The number of ether oxygens (including phenoxy) is 2. The normalized spacial score (nSPS) is 16.8. The lowest BCUT2D eigenvalue weighted by molar-refractivity contribution is -0.143. The van der Waals surface area contributed by atoms with Crippen molar-refractivity contribution in [3.8, 4) is 23.7 Å². The van der Waals surface area contributed by atoms with E-state index in [2.05, 4.69) is 45.6 Å². The van der Waals surface area contributed by atoms with Crippen molar-refractivity contribution >= 4 is 11.9 Å². The third-order valence-electron chi connectivity index (χ3n) is 4.56. The van der Waals surface area contributed by atoms with E-state index in [1.807, 2.05) is 0 Å². The molecule has 1 aromatic carbocycles. The Hall–Kier alpha value is -2.84. The zero-order valence-electron chi connectivity index (χ0n) is 17.0. The van der Waals surface area contributed by atoms with E-state index in [1.165, 1.54) is 7.11 Å². The van der Waals surface area contributed by atoms with Gasteiger partial charge >= 0.3 is 5.97 Å². The Morgan fingerprint density at radius 2 is 1.83 bits per heavy atom. The molecule has 154 valence electrons. The molecule has 1 aromatic rings. The first-order valence-electron chi connectivity index (χ1n) is 9.50. The zero-order chi connectivity index (χ0) is 21.2. The number of benzene rings is 1. The van der Waals surface area contributed by atoms with Crippen LogP contribution in [0.25, 0.3) is 0 Å². The van der Waals surface area contributed by atoms with Crippen LogP contribution in [-0.2, 0) is 14.3 Å². The van der Waals surface area contributed by atoms with Crippen LogP contribution in [0.5, 0.6) is 0 Å². The average Bonchev–Trinajstić information content (AvgIpc) is 2.75. The van der Waals surface area contributed by atoms with Gasteiger partial charge in [0.05, 0.1) is 26.4 Å². The van der Waals surface area contributed by atoms with E-state index in [9.17, 15) is 9.59 Å². The molecule has 7 nitrogen and oxygen atoms in total. The van der Waals surface area contributed by atoms with Gasteiger partial charge in [0.25, 0.3) is 5.91 Å². The van der Waals surface area contributed by atoms with Crippen molar-refractivity contribution in [2.75, 3.05) is 33.4 Å². The Labute approximate surface area is 171 Å². The molecule has 1 fully saturated rings. The van der Waals surface area contributed by atoms with Gasteiger partial charge in [0.15, 0.2) is 0 Å². The molecular formula is C22H27N3O4. The van der Waals surface area contributed by atoms with Crippen LogP contribution in [0.15, 0.2) is 24.3 Å². The highest BCUT2D eigenvalue weighted by Gasteiger charge is 2.25. The number of methoxy groups -OCH3 is 1. The molecule has 2 rings (SSSR count). The van der Waals surface area contributed by atoms with E-state index in [-0.39, 0.29) is 6.04 Å². The maximum absolute atomic E-state index is 12.3. The second kappa shape index (κ2) is 11.2. The summed E-state index contributed by atoms with van der Waals surface area (Å²) in [6.07, 6.45) is 0. The monoisotopic (exact) mass is 397 g/mol. The predicted molar refractivity (Wildman–Crippen MR) is 110 cm³/mol. The van der Waals surface area contributed by atoms with Crippen molar-refractivity contribution in [2.24, 2.45) is 5.73 Å². The van der Waals surface area contributed by atoms with E-state index in [4.69, 9.17) is 10.5 Å². The number of morpholine rings is 1. The van der Waals surface area contributed by atoms with Crippen LogP contribution in [0.4, 0.5) is 0 Å². The molecular weight excluding hydrogens is 370 g/mol. The second-order valence-corrected chi connectivity index (χ2v) is 6.75. The minimum atomic E-state index is -0.907. The van der Waals surface area contributed by atoms with Gasteiger partial charge in [-0.3, -0.25) is 9.69 Å². The highest BCUT2D eigenvalue weighted by atomic mass is 16.5. The summed E-state index contributed by atoms with van der Waals surface area (Å²) in [7, 11) is 1.25. The van der Waals surface area contributed by atoms with Crippen LogP contribution < -0.4 is 11.1 Å². The summed E-state index contributed by atoms with van der Waals surface area (Å²) < 4.78 is 10.0. The molecule has 1 amide bonds. The first kappa shape index (κ1) is 22.4. The standard InChI is InChI=1S/C22H27N3O4/c1-16(25-12-14-29-15-13-25)6-4-5-7-18-8-10-19(11-9-18)21(26)24-20(17(2)23)22(27)28-3/h8-11,16-17,20H,12-15,23H2,1-3H3,(H,24,26)/t16-,17?,20?/m0/s1. The van der Waals surface area contributed by atoms with Gasteiger partial charge in [-0.05, 0) is 50.0 Å². The number of carbonyl (C=O) groups excluding carboxylic acids is 2. The van der Waals surface area contributed by atoms with E-state index in [1.54, 1.807) is 31.2 Å². The summed E-state index contributed by atoms with van der Waals surface area (Å²) in [4.78, 5) is 26.3. The van der Waals surface area contributed by atoms with Gasteiger partial charge in [-0.2, -0.15) is 0 Å². The zero-order valence-corrected chi connectivity index (χ0v) is 17.0. The Bertz CT molecular complexity index is 822. The van der Waals surface area contributed by atoms with E-state index in [0.29, 0.717) is 5.56 Å². The summed E-state index contributed by atoms with van der Waals surface area (Å²) in [5.74, 6) is 10.8. The quantitative estimate of drug-likeness (QED) is 0.551. The van der Waals surface area contributed by atoms with Gasteiger partial charge in [0.2, 0.25) is 0 Å². The summed E-state index contributed by atoms with van der Waals surface area (Å²) in [5.41, 5.74) is 6.89. The highest BCUT2D eigenvalue weighted by Crippen LogP contribution is 2.05. The lowest BCUT2D eigenvalue weighted by Crippen LogP contribution is -2.51. The van der Waals surface area contributed by atoms with E-state index < -0.39 is 24.0 Å². The van der Waals surface area contributed by atoms with Crippen LogP contribution in [0.1, 0.15) is 29.8 Å². The van der Waals surface area contributed by atoms with Crippen molar-refractivity contribution in [3.05, 3.63) is 35.4 Å². The van der Waals surface area contributed by atoms with Crippen LogP contribution >= 0.6 is 0 Å². The molecule has 0 aliphatic carbocycles. The maximum atomic E-state index is 12.3. The predicted octanol–water partition coefficient (Wildman–Crippen LogP) is 0.381. The molecule has 1 aliphatic rings. The second-order valence-electron chi connectivity index (χ2n) is 6.75. The topological polar surface area (TPSA) is 93.9 Å². The molecule has 1 saturated heterocycles. The lowest BCUT2D eigenvalue weighted by atomic mass is 10.1. The molecule has 0 aromatic heterocycles. The molecule has 1 heterocycles. The van der Waals surface area contributed by atoms with Crippen molar-refractivity contribution in [1.82, 2.24) is 10.2 Å². The maximum Gasteiger partial charge on any atom is 0.329 e. The fourth-order valence-electron chi connectivity index (χ4n) is 2.76. The third kappa shape index (κ3) is 6.92. The van der Waals surface area contributed by atoms with Gasteiger partial charge < -0.3 is 20.5 Å². The molecule has 1 aliphatic heterocycles. The lowest BCUT2D eigenvalue weighted by Gasteiger charge is -2.29. The Morgan fingerprint density at radius 3 is 2.41 bits per heavy atom.